The summed E-state index contributed by atoms with van der Waals surface area (Å²) in [6, 6.07) is 7.30. The Morgan fingerprint density at radius 3 is 2.21 bits per heavy atom. The number of halogens is 4. The minimum Gasteiger partial charge on any atom is -0.290 e. The SMILES string of the molecule is Cc1c(CNS(=O)(=O)C(C)(C)C)ccc(Cl)c1-c1nc(-c2ccc(C(F)(F)F)cc2)nc(=O)[nH]1. The van der Waals surface area contributed by atoms with E-state index in [1.807, 2.05) is 0 Å². The average Bonchev–Trinajstić information content (AvgIpc) is 2.71. The van der Waals surface area contributed by atoms with Crippen molar-refractivity contribution in [3.8, 4) is 22.8 Å². The van der Waals surface area contributed by atoms with Gasteiger partial charge in [0.05, 0.1) is 15.3 Å². The first-order valence-corrected chi connectivity index (χ1v) is 11.9. The first kappa shape index (κ1) is 25.9. The molecule has 182 valence electrons. The number of benzene rings is 2. The summed E-state index contributed by atoms with van der Waals surface area (Å²) in [5.74, 6) is -0.0280. The number of hydrogen-bond donors (Lipinski definition) is 2. The van der Waals surface area contributed by atoms with Crippen LogP contribution in [0.25, 0.3) is 22.8 Å². The molecule has 2 N–H and O–H groups in total. The van der Waals surface area contributed by atoms with Crippen LogP contribution in [-0.2, 0) is 22.7 Å². The molecule has 0 spiro atoms. The summed E-state index contributed by atoms with van der Waals surface area (Å²) >= 11 is 6.37. The summed E-state index contributed by atoms with van der Waals surface area (Å²) in [6.07, 6.45) is -4.50. The van der Waals surface area contributed by atoms with Gasteiger partial charge in [0.2, 0.25) is 10.0 Å². The van der Waals surface area contributed by atoms with Gasteiger partial charge >= 0.3 is 11.9 Å². The summed E-state index contributed by atoms with van der Waals surface area (Å²) in [7, 11) is -3.61. The smallest absolute Gasteiger partial charge is 0.290 e. The van der Waals surface area contributed by atoms with Gasteiger partial charge in [0, 0.05) is 17.7 Å². The highest BCUT2D eigenvalue weighted by Gasteiger charge is 2.30. The van der Waals surface area contributed by atoms with Crippen LogP contribution in [0.2, 0.25) is 5.02 Å². The molecule has 1 aromatic heterocycles. The van der Waals surface area contributed by atoms with Gasteiger partial charge in [0.1, 0.15) is 5.82 Å². The lowest BCUT2D eigenvalue weighted by Crippen LogP contribution is -2.39. The van der Waals surface area contributed by atoms with Gasteiger partial charge in [-0.3, -0.25) is 4.98 Å². The van der Waals surface area contributed by atoms with Crippen LogP contribution in [-0.4, -0.2) is 28.1 Å². The van der Waals surface area contributed by atoms with E-state index >= 15 is 0 Å². The van der Waals surface area contributed by atoms with E-state index in [2.05, 4.69) is 19.7 Å². The van der Waals surface area contributed by atoms with E-state index in [0.717, 1.165) is 12.1 Å². The number of rotatable bonds is 5. The van der Waals surface area contributed by atoms with Gasteiger partial charge < -0.3 is 0 Å². The lowest BCUT2D eigenvalue weighted by atomic mass is 10.0. The lowest BCUT2D eigenvalue weighted by molar-refractivity contribution is -0.137. The number of hydrogen-bond acceptors (Lipinski definition) is 5. The van der Waals surface area contributed by atoms with Crippen LogP contribution in [0.4, 0.5) is 13.2 Å². The fourth-order valence-electron chi connectivity index (χ4n) is 3.03. The van der Waals surface area contributed by atoms with E-state index in [1.165, 1.54) is 12.1 Å². The predicted octanol–water partition coefficient (Wildman–Crippen LogP) is 4.70. The molecule has 3 aromatic rings. The predicted molar refractivity (Wildman–Crippen MR) is 124 cm³/mol. The van der Waals surface area contributed by atoms with E-state index in [1.54, 1.807) is 39.8 Å². The zero-order chi connectivity index (χ0) is 25.5. The molecule has 7 nitrogen and oxygen atoms in total. The van der Waals surface area contributed by atoms with Gasteiger partial charge in [-0.15, -0.1) is 0 Å². The maximum absolute atomic E-state index is 12.9. The maximum Gasteiger partial charge on any atom is 0.416 e. The van der Waals surface area contributed by atoms with Gasteiger partial charge in [-0.2, -0.15) is 18.2 Å². The van der Waals surface area contributed by atoms with Gasteiger partial charge in [-0.1, -0.05) is 29.8 Å². The van der Waals surface area contributed by atoms with Crippen LogP contribution in [0.1, 0.15) is 37.5 Å². The second-order valence-corrected chi connectivity index (χ2v) is 11.5. The quantitative estimate of drug-likeness (QED) is 0.513. The van der Waals surface area contributed by atoms with Crippen LogP contribution >= 0.6 is 11.6 Å². The number of nitrogens with one attached hydrogen (secondary N) is 2. The Bertz CT molecular complexity index is 1380. The minimum atomic E-state index is -4.50. The van der Waals surface area contributed by atoms with Crippen LogP contribution in [0.15, 0.2) is 41.2 Å². The second-order valence-electron chi connectivity index (χ2n) is 8.54. The number of nitrogens with zero attached hydrogens (tertiary/aromatic N) is 2. The molecule has 12 heteroatoms. The molecule has 0 fully saturated rings. The Morgan fingerprint density at radius 2 is 1.65 bits per heavy atom. The zero-order valence-corrected chi connectivity index (χ0v) is 20.3. The fourth-order valence-corrected chi connectivity index (χ4v) is 4.11. The molecule has 0 radical (unpaired) electrons. The summed E-state index contributed by atoms with van der Waals surface area (Å²) in [6.45, 7) is 6.40. The molecule has 34 heavy (non-hydrogen) atoms. The molecule has 0 aliphatic heterocycles. The standard InChI is InChI=1S/C22H22ClF3N4O3S/c1-12-14(11-27-34(32,33)21(2,3)4)7-10-16(23)17(12)19-28-18(29-20(31)30-19)13-5-8-15(9-6-13)22(24,25)26/h5-10,27H,11H2,1-4H3,(H,28,29,30,31). The van der Waals surface area contributed by atoms with Crippen LogP contribution in [0, 0.1) is 6.92 Å². The maximum atomic E-state index is 12.9. The van der Waals surface area contributed by atoms with Crippen LogP contribution in [0.5, 0.6) is 0 Å². The van der Waals surface area contributed by atoms with Crippen molar-refractivity contribution in [2.75, 3.05) is 0 Å². The number of H-pyrrole nitrogens is 1. The number of sulfonamides is 1. The first-order chi connectivity index (χ1) is 15.6. The number of aromatic amines is 1. The van der Waals surface area contributed by atoms with Crippen molar-refractivity contribution in [2.45, 2.75) is 45.2 Å². The third kappa shape index (κ3) is 5.48. The largest absolute Gasteiger partial charge is 0.416 e. The summed E-state index contributed by atoms with van der Waals surface area (Å²) in [5, 5.41) is 0.243. The topological polar surface area (TPSA) is 105 Å². The molecule has 2 aromatic carbocycles. The van der Waals surface area contributed by atoms with Crippen molar-refractivity contribution in [3.63, 3.8) is 0 Å². The molecule has 1 heterocycles. The lowest BCUT2D eigenvalue weighted by Gasteiger charge is -2.20. The second kappa shape index (κ2) is 9.12. The van der Waals surface area contributed by atoms with Gasteiger partial charge in [-0.05, 0) is 57.0 Å². The molecule has 0 saturated carbocycles. The minimum absolute atomic E-state index is 0.0172. The Morgan fingerprint density at radius 1 is 1.03 bits per heavy atom. The van der Waals surface area contributed by atoms with Gasteiger partial charge in [-0.25, -0.2) is 22.9 Å². The highest BCUT2D eigenvalue weighted by molar-refractivity contribution is 7.90. The monoisotopic (exact) mass is 514 g/mol. The summed E-state index contributed by atoms with van der Waals surface area (Å²) < 4.78 is 64.9. The Balaban J connectivity index is 2.03. The van der Waals surface area contributed by atoms with Crippen LogP contribution in [0.3, 0.4) is 0 Å². The third-order valence-corrected chi connectivity index (χ3v) is 7.59. The molecule has 0 aliphatic carbocycles. The number of alkyl halides is 3. The van der Waals surface area contributed by atoms with E-state index in [0.29, 0.717) is 16.7 Å². The fraction of sp³-hybridized carbons (Fsp3) is 0.318. The molecule has 0 atom stereocenters. The van der Waals surface area contributed by atoms with Crippen molar-refractivity contribution < 1.29 is 21.6 Å². The average molecular weight is 515 g/mol. The van der Waals surface area contributed by atoms with Crippen LogP contribution < -0.4 is 10.4 Å². The van der Waals surface area contributed by atoms with E-state index < -0.39 is 32.2 Å². The first-order valence-electron chi connectivity index (χ1n) is 10.0. The molecule has 0 unspecified atom stereocenters. The van der Waals surface area contributed by atoms with Crippen molar-refractivity contribution in [1.29, 1.82) is 0 Å². The van der Waals surface area contributed by atoms with Gasteiger partial charge in [0.15, 0.2) is 5.82 Å². The molecule has 3 rings (SSSR count). The molecule has 0 saturated heterocycles. The van der Waals surface area contributed by atoms with Crippen molar-refractivity contribution in [1.82, 2.24) is 19.7 Å². The Hall–Kier alpha value is -2.76. The Labute approximate surface area is 199 Å². The third-order valence-electron chi connectivity index (χ3n) is 5.14. The molecule has 0 bridgehead atoms. The molecule has 0 amide bonds. The molecule has 0 aliphatic rings. The Kier molecular flexibility index (Phi) is 6.94. The van der Waals surface area contributed by atoms with Crippen molar-refractivity contribution >= 4 is 21.6 Å². The van der Waals surface area contributed by atoms with E-state index in [9.17, 15) is 26.4 Å². The zero-order valence-electron chi connectivity index (χ0n) is 18.7. The van der Waals surface area contributed by atoms with Gasteiger partial charge in [0.25, 0.3) is 0 Å². The molecular formula is C22H22ClF3N4O3S. The highest BCUT2D eigenvalue weighted by atomic mass is 35.5. The number of aromatic nitrogens is 3. The summed E-state index contributed by atoms with van der Waals surface area (Å²) in [5.41, 5.74) is 0.115. The van der Waals surface area contributed by atoms with E-state index in [4.69, 9.17) is 11.6 Å². The van der Waals surface area contributed by atoms with Crippen molar-refractivity contribution in [2.24, 2.45) is 0 Å². The van der Waals surface area contributed by atoms with Crippen molar-refractivity contribution in [3.05, 3.63) is 68.6 Å². The summed E-state index contributed by atoms with van der Waals surface area (Å²) in [4.78, 5) is 22.8. The molecular weight excluding hydrogens is 493 g/mol. The van der Waals surface area contributed by atoms with E-state index in [-0.39, 0.29) is 28.8 Å². The normalized spacial score (nSPS) is 12.7. The highest BCUT2D eigenvalue weighted by Crippen LogP contribution is 2.33.